The first kappa shape index (κ1) is 21.7. The first-order chi connectivity index (χ1) is 15.5. The number of benzene rings is 2. The van der Waals surface area contributed by atoms with Crippen LogP contribution in [0.3, 0.4) is 0 Å². The van der Waals surface area contributed by atoms with Crippen molar-refractivity contribution in [2.45, 2.75) is 26.7 Å². The van der Waals surface area contributed by atoms with E-state index in [1.165, 1.54) is 11.3 Å². The van der Waals surface area contributed by atoms with Crippen LogP contribution < -0.4 is 9.64 Å². The highest BCUT2D eigenvalue weighted by atomic mass is 16.5. The van der Waals surface area contributed by atoms with Crippen LogP contribution in [0.5, 0.6) is 11.6 Å². The Morgan fingerprint density at radius 3 is 2.38 bits per heavy atom. The van der Waals surface area contributed by atoms with E-state index in [-0.39, 0.29) is 0 Å². The molecule has 1 aromatic heterocycles. The fourth-order valence-corrected chi connectivity index (χ4v) is 3.98. The van der Waals surface area contributed by atoms with Gasteiger partial charge in [-0.2, -0.15) is 0 Å². The molecule has 3 aromatic rings. The summed E-state index contributed by atoms with van der Waals surface area (Å²) >= 11 is 0. The number of oxime groups is 1. The quantitative estimate of drug-likeness (QED) is 0.259. The molecule has 6 nitrogen and oxygen atoms in total. The summed E-state index contributed by atoms with van der Waals surface area (Å²) in [4.78, 5) is 8.88. The van der Waals surface area contributed by atoms with Gasteiger partial charge in [0.25, 0.3) is 0 Å². The summed E-state index contributed by atoms with van der Waals surface area (Å²) in [6.07, 6.45) is 1.70. The number of pyridine rings is 1. The number of piperazine rings is 1. The Bertz CT molecular complexity index is 1060. The molecular formula is C26H30N4O2. The van der Waals surface area contributed by atoms with Crippen molar-refractivity contribution in [3.8, 4) is 11.6 Å². The number of anilines is 1. The minimum absolute atomic E-state index is 0.429. The lowest BCUT2D eigenvalue weighted by atomic mass is 10.0. The van der Waals surface area contributed by atoms with E-state index in [4.69, 9.17) is 4.74 Å². The van der Waals surface area contributed by atoms with Gasteiger partial charge in [-0.05, 0) is 54.3 Å². The molecule has 1 aliphatic rings. The number of ether oxygens (including phenoxy) is 1. The van der Waals surface area contributed by atoms with E-state index >= 15 is 0 Å². The van der Waals surface area contributed by atoms with E-state index in [9.17, 15) is 5.21 Å². The van der Waals surface area contributed by atoms with Crippen LogP contribution in [-0.2, 0) is 0 Å². The van der Waals surface area contributed by atoms with Gasteiger partial charge in [0, 0.05) is 49.7 Å². The second-order valence-electron chi connectivity index (χ2n) is 8.45. The maximum Gasteiger partial charge on any atom is 0.219 e. The second kappa shape index (κ2) is 9.73. The van der Waals surface area contributed by atoms with Crippen molar-refractivity contribution in [3.05, 3.63) is 83.6 Å². The molecule has 0 saturated carbocycles. The van der Waals surface area contributed by atoms with Crippen molar-refractivity contribution < 1.29 is 9.94 Å². The lowest BCUT2D eigenvalue weighted by Crippen LogP contribution is -2.49. The second-order valence-corrected chi connectivity index (χ2v) is 8.45. The molecule has 2 heterocycles. The SMILES string of the molecule is Cc1cc(Oc2ccc(/C(=N/O)N3CCN(c4ccccc4)CC3)cn2)cc(C(C)C)c1. The zero-order valence-electron chi connectivity index (χ0n) is 18.9. The monoisotopic (exact) mass is 430 g/mol. The molecule has 1 N–H and O–H groups in total. The molecule has 0 radical (unpaired) electrons. The first-order valence-corrected chi connectivity index (χ1v) is 11.1. The van der Waals surface area contributed by atoms with Crippen LogP contribution in [0.25, 0.3) is 0 Å². The molecule has 1 fully saturated rings. The zero-order chi connectivity index (χ0) is 22.5. The van der Waals surface area contributed by atoms with Gasteiger partial charge in [0.05, 0.1) is 0 Å². The fourth-order valence-electron chi connectivity index (χ4n) is 3.98. The van der Waals surface area contributed by atoms with Crippen molar-refractivity contribution in [2.75, 3.05) is 31.1 Å². The first-order valence-electron chi connectivity index (χ1n) is 11.1. The molecule has 2 aromatic carbocycles. The molecule has 0 unspecified atom stereocenters. The summed E-state index contributed by atoms with van der Waals surface area (Å²) < 4.78 is 5.99. The van der Waals surface area contributed by atoms with E-state index in [1.54, 1.807) is 6.20 Å². The van der Waals surface area contributed by atoms with Crippen molar-refractivity contribution in [3.63, 3.8) is 0 Å². The average molecular weight is 431 g/mol. The van der Waals surface area contributed by atoms with E-state index < -0.39 is 0 Å². The number of rotatable bonds is 5. The van der Waals surface area contributed by atoms with E-state index in [1.807, 2.05) is 24.3 Å². The molecule has 0 bridgehead atoms. The molecular weight excluding hydrogens is 400 g/mol. The minimum atomic E-state index is 0.429. The van der Waals surface area contributed by atoms with Gasteiger partial charge in [-0.25, -0.2) is 4.98 Å². The number of aromatic nitrogens is 1. The van der Waals surface area contributed by atoms with Gasteiger partial charge in [-0.1, -0.05) is 43.3 Å². The predicted molar refractivity (Wildman–Crippen MR) is 128 cm³/mol. The Morgan fingerprint density at radius 2 is 1.75 bits per heavy atom. The molecule has 1 saturated heterocycles. The van der Waals surface area contributed by atoms with Crippen LogP contribution in [0, 0.1) is 6.92 Å². The summed E-state index contributed by atoms with van der Waals surface area (Å²) in [5, 5.41) is 13.3. The summed E-state index contributed by atoms with van der Waals surface area (Å²) in [6, 6.07) is 20.3. The van der Waals surface area contributed by atoms with Gasteiger partial charge < -0.3 is 19.7 Å². The van der Waals surface area contributed by atoms with Crippen LogP contribution in [0.2, 0.25) is 0 Å². The molecule has 0 spiro atoms. The smallest absolute Gasteiger partial charge is 0.219 e. The van der Waals surface area contributed by atoms with Crippen LogP contribution in [0.4, 0.5) is 5.69 Å². The highest BCUT2D eigenvalue weighted by Crippen LogP contribution is 2.26. The molecule has 0 aliphatic carbocycles. The van der Waals surface area contributed by atoms with Crippen LogP contribution in [0.15, 0.2) is 72.0 Å². The largest absolute Gasteiger partial charge is 0.439 e. The lowest BCUT2D eigenvalue weighted by Gasteiger charge is -2.37. The standard InChI is InChI=1S/C26H30N4O2/c1-19(2)22-15-20(3)16-24(17-22)32-25-10-9-21(18-27-25)26(28-31)30-13-11-29(12-14-30)23-7-5-4-6-8-23/h4-10,15-19,31H,11-14H2,1-3H3/b28-26-. The Balaban J connectivity index is 1.42. The van der Waals surface area contributed by atoms with Crippen LogP contribution >= 0.6 is 0 Å². The summed E-state index contributed by atoms with van der Waals surface area (Å²) in [5.74, 6) is 2.26. The van der Waals surface area contributed by atoms with Gasteiger partial charge in [-0.15, -0.1) is 0 Å². The molecule has 6 heteroatoms. The summed E-state index contributed by atoms with van der Waals surface area (Å²) in [6.45, 7) is 9.67. The number of aryl methyl sites for hydroxylation is 1. The molecule has 4 rings (SSSR count). The normalized spacial score (nSPS) is 14.7. The molecule has 166 valence electrons. The molecule has 0 amide bonds. The lowest BCUT2D eigenvalue weighted by molar-refractivity contribution is 0.296. The van der Waals surface area contributed by atoms with Gasteiger partial charge in [0.1, 0.15) is 5.75 Å². The Morgan fingerprint density at radius 1 is 1.00 bits per heavy atom. The third-order valence-electron chi connectivity index (χ3n) is 5.75. The predicted octanol–water partition coefficient (Wildman–Crippen LogP) is 5.26. The zero-order valence-corrected chi connectivity index (χ0v) is 18.9. The van der Waals surface area contributed by atoms with Crippen molar-refractivity contribution in [1.82, 2.24) is 9.88 Å². The van der Waals surface area contributed by atoms with Crippen molar-refractivity contribution in [1.29, 1.82) is 0 Å². The van der Waals surface area contributed by atoms with Crippen LogP contribution in [-0.4, -0.2) is 47.1 Å². The van der Waals surface area contributed by atoms with Crippen molar-refractivity contribution >= 4 is 11.5 Å². The number of hydrogen-bond acceptors (Lipinski definition) is 5. The molecule has 1 aliphatic heterocycles. The van der Waals surface area contributed by atoms with E-state index in [0.29, 0.717) is 17.6 Å². The highest BCUT2D eigenvalue weighted by molar-refractivity contribution is 5.98. The van der Waals surface area contributed by atoms with Gasteiger partial charge >= 0.3 is 0 Å². The Labute approximate surface area is 189 Å². The number of hydrogen-bond donors (Lipinski definition) is 1. The van der Waals surface area contributed by atoms with Crippen molar-refractivity contribution in [2.24, 2.45) is 5.16 Å². The summed E-state index contributed by atoms with van der Waals surface area (Å²) in [5.41, 5.74) is 4.38. The summed E-state index contributed by atoms with van der Waals surface area (Å²) in [7, 11) is 0. The molecule has 0 atom stereocenters. The molecule has 32 heavy (non-hydrogen) atoms. The maximum atomic E-state index is 9.71. The van der Waals surface area contributed by atoms with Gasteiger partial charge in [0.15, 0.2) is 5.84 Å². The number of nitrogens with zero attached hydrogens (tertiary/aromatic N) is 4. The van der Waals surface area contributed by atoms with E-state index in [0.717, 1.165) is 43.1 Å². The number of amidine groups is 1. The Kier molecular flexibility index (Phi) is 6.59. The third kappa shape index (κ3) is 5.02. The highest BCUT2D eigenvalue weighted by Gasteiger charge is 2.22. The minimum Gasteiger partial charge on any atom is -0.439 e. The maximum absolute atomic E-state index is 9.71. The average Bonchev–Trinajstić information content (AvgIpc) is 2.81. The fraction of sp³-hybridized carbons (Fsp3) is 0.308. The van der Waals surface area contributed by atoms with Crippen LogP contribution in [0.1, 0.15) is 36.5 Å². The van der Waals surface area contributed by atoms with E-state index in [2.05, 4.69) is 77.1 Å². The Hall–Kier alpha value is -3.54. The third-order valence-corrected chi connectivity index (χ3v) is 5.75. The number of para-hydroxylation sites is 1. The van der Waals surface area contributed by atoms with Gasteiger partial charge in [-0.3, -0.25) is 0 Å². The topological polar surface area (TPSA) is 61.2 Å². The van der Waals surface area contributed by atoms with Gasteiger partial charge in [0.2, 0.25) is 5.88 Å².